The number of carbonyl (C=O) groups excluding carboxylic acids is 2. The minimum absolute atomic E-state index is 0.209. The van der Waals surface area contributed by atoms with Gasteiger partial charge in [-0.15, -0.1) is 11.3 Å². The molecule has 1 rings (SSSR count). The van der Waals surface area contributed by atoms with Gasteiger partial charge in [0.2, 0.25) is 0 Å². The number of rotatable bonds is 16. The van der Waals surface area contributed by atoms with E-state index in [4.69, 9.17) is 21.2 Å². The van der Waals surface area contributed by atoms with Crippen molar-refractivity contribution in [2.75, 3.05) is 13.2 Å². The Bertz CT molecular complexity index is 571. The van der Waals surface area contributed by atoms with Crippen molar-refractivity contribution < 1.29 is 19.1 Å². The highest BCUT2D eigenvalue weighted by atomic mass is 32.1. The third-order valence-electron chi connectivity index (χ3n) is 4.49. The minimum Gasteiger partial charge on any atom is -0.488 e. The van der Waals surface area contributed by atoms with Gasteiger partial charge in [-0.05, 0) is 12.8 Å². The zero-order chi connectivity index (χ0) is 21.5. The monoisotopic (exact) mass is 428 g/mol. The predicted molar refractivity (Wildman–Crippen MR) is 116 cm³/mol. The summed E-state index contributed by atoms with van der Waals surface area (Å²) in [4.78, 5) is 24.8. The molecule has 1 heterocycles. The summed E-state index contributed by atoms with van der Waals surface area (Å²) in [5, 5.41) is 0. The van der Waals surface area contributed by atoms with Crippen molar-refractivity contribution in [3.63, 3.8) is 0 Å². The van der Waals surface area contributed by atoms with E-state index in [1.807, 2.05) is 0 Å². The van der Waals surface area contributed by atoms with E-state index in [-0.39, 0.29) is 21.3 Å². The molecule has 0 aliphatic carbocycles. The molecule has 0 fully saturated rings. The third kappa shape index (κ3) is 8.59. The molecule has 9 heteroatoms. The highest BCUT2D eigenvalue weighted by Crippen LogP contribution is 2.42. The second-order valence-electron chi connectivity index (χ2n) is 6.89. The van der Waals surface area contributed by atoms with Crippen molar-refractivity contribution in [2.45, 2.75) is 78.1 Å². The highest BCUT2D eigenvalue weighted by molar-refractivity contribution is 7.16. The molecule has 0 aliphatic rings. The predicted octanol–water partition coefficient (Wildman–Crippen LogP) is 3.65. The zero-order valence-corrected chi connectivity index (χ0v) is 18.5. The van der Waals surface area contributed by atoms with Crippen LogP contribution >= 0.6 is 11.3 Å². The van der Waals surface area contributed by atoms with E-state index < -0.39 is 11.8 Å². The van der Waals surface area contributed by atoms with Gasteiger partial charge in [0.1, 0.15) is 9.75 Å². The average Bonchev–Trinajstić information content (AvgIpc) is 3.10. The lowest BCUT2D eigenvalue weighted by molar-refractivity contribution is 0.0943. The van der Waals surface area contributed by atoms with Gasteiger partial charge in [0.25, 0.3) is 11.8 Å². The molecule has 166 valence electrons. The number of hydrogen-bond donors (Lipinski definition) is 4. The van der Waals surface area contributed by atoms with Crippen molar-refractivity contribution in [3.05, 3.63) is 9.75 Å². The van der Waals surface area contributed by atoms with Gasteiger partial charge in [0.05, 0.1) is 13.2 Å². The maximum Gasteiger partial charge on any atom is 0.279 e. The molecule has 29 heavy (non-hydrogen) atoms. The van der Waals surface area contributed by atoms with Crippen molar-refractivity contribution in [2.24, 2.45) is 11.7 Å². The quantitative estimate of drug-likeness (QED) is 0.138. The molecular weight excluding hydrogens is 392 g/mol. The van der Waals surface area contributed by atoms with Crippen LogP contribution in [0.5, 0.6) is 11.5 Å². The number of nitrogens with two attached hydrogens (primary N) is 2. The van der Waals surface area contributed by atoms with E-state index in [1.165, 1.54) is 25.7 Å². The lowest BCUT2D eigenvalue weighted by atomic mass is 10.2. The van der Waals surface area contributed by atoms with Crippen molar-refractivity contribution in [1.82, 2.24) is 10.9 Å². The van der Waals surface area contributed by atoms with Gasteiger partial charge in [-0.3, -0.25) is 20.4 Å². The molecule has 0 aliphatic heterocycles. The summed E-state index contributed by atoms with van der Waals surface area (Å²) in [5.74, 6) is 10.1. The number of amides is 2. The van der Waals surface area contributed by atoms with Gasteiger partial charge in [-0.25, -0.2) is 11.7 Å². The fourth-order valence-electron chi connectivity index (χ4n) is 2.85. The van der Waals surface area contributed by atoms with Gasteiger partial charge < -0.3 is 9.47 Å². The second-order valence-corrected chi connectivity index (χ2v) is 7.91. The molecule has 0 bridgehead atoms. The number of thiophene rings is 1. The first-order chi connectivity index (χ1) is 14.1. The number of nitrogen functional groups attached to an aromatic ring is 2. The molecule has 8 nitrogen and oxygen atoms in total. The van der Waals surface area contributed by atoms with Crippen LogP contribution in [0.25, 0.3) is 0 Å². The Morgan fingerprint density at radius 1 is 0.724 bits per heavy atom. The normalized spacial score (nSPS) is 10.6. The summed E-state index contributed by atoms with van der Waals surface area (Å²) in [6, 6.07) is 0. The maximum absolute atomic E-state index is 12.2. The number of carbonyl (C=O) groups is 2. The molecule has 0 unspecified atom stereocenters. The van der Waals surface area contributed by atoms with Crippen molar-refractivity contribution >= 4 is 23.2 Å². The molecular formula is C20H36N4O4S. The molecule has 1 aromatic heterocycles. The molecule has 0 saturated heterocycles. The summed E-state index contributed by atoms with van der Waals surface area (Å²) in [6.45, 7) is 5.19. The number of ether oxygens (including phenoxy) is 2. The Morgan fingerprint density at radius 2 is 1.10 bits per heavy atom. The van der Waals surface area contributed by atoms with Crippen LogP contribution in [0.2, 0.25) is 0 Å². The summed E-state index contributed by atoms with van der Waals surface area (Å²) in [6.07, 6.45) is 10.8. The second kappa shape index (κ2) is 15.1. The molecule has 1 aromatic rings. The number of hydrazine groups is 2. The van der Waals surface area contributed by atoms with Crippen LogP contribution in [0.1, 0.15) is 97.4 Å². The lowest BCUT2D eigenvalue weighted by Gasteiger charge is -2.12. The van der Waals surface area contributed by atoms with Gasteiger partial charge in [0.15, 0.2) is 11.5 Å². The molecule has 0 saturated carbocycles. The lowest BCUT2D eigenvalue weighted by Crippen LogP contribution is -2.30. The van der Waals surface area contributed by atoms with E-state index in [9.17, 15) is 9.59 Å². The van der Waals surface area contributed by atoms with Crippen LogP contribution in [0, 0.1) is 0 Å². The van der Waals surface area contributed by atoms with E-state index in [0.717, 1.165) is 49.9 Å². The SMILES string of the molecule is CCCCCCCOc1c(C(=O)NN)sc(C(=O)NN)c1OCCCCCCC. The molecule has 2 amide bonds. The van der Waals surface area contributed by atoms with Gasteiger partial charge >= 0.3 is 0 Å². The standard InChI is InChI=1S/C20H36N4O4S/c1-3-5-7-9-11-13-27-15-16(28-14-12-10-8-6-4-2)18(20(26)24-22)29-17(15)19(25)23-21/h3-14,21-22H2,1-2H3,(H,23,25)(H,24,26). The first kappa shape index (κ1) is 25.2. The smallest absolute Gasteiger partial charge is 0.279 e. The van der Waals surface area contributed by atoms with Gasteiger partial charge in [-0.1, -0.05) is 65.2 Å². The highest BCUT2D eigenvalue weighted by Gasteiger charge is 2.29. The summed E-state index contributed by atoms with van der Waals surface area (Å²) in [5.41, 5.74) is 4.20. The fraction of sp³-hybridized carbons (Fsp3) is 0.700. The summed E-state index contributed by atoms with van der Waals surface area (Å²) in [7, 11) is 0. The molecule has 0 spiro atoms. The summed E-state index contributed by atoms with van der Waals surface area (Å²) >= 11 is 0.961. The van der Waals surface area contributed by atoms with Crippen LogP contribution in [0.4, 0.5) is 0 Å². The molecule has 6 N–H and O–H groups in total. The van der Waals surface area contributed by atoms with Crippen LogP contribution in [-0.4, -0.2) is 25.0 Å². The van der Waals surface area contributed by atoms with Crippen LogP contribution in [0.15, 0.2) is 0 Å². The van der Waals surface area contributed by atoms with E-state index in [1.54, 1.807) is 0 Å². The molecule has 0 atom stereocenters. The van der Waals surface area contributed by atoms with E-state index in [0.29, 0.717) is 13.2 Å². The van der Waals surface area contributed by atoms with Crippen LogP contribution < -0.4 is 32.0 Å². The number of unbranched alkanes of at least 4 members (excludes halogenated alkanes) is 8. The Kier molecular flexibility index (Phi) is 13.1. The van der Waals surface area contributed by atoms with E-state index in [2.05, 4.69) is 24.7 Å². The van der Waals surface area contributed by atoms with E-state index >= 15 is 0 Å². The summed E-state index contributed by atoms with van der Waals surface area (Å²) < 4.78 is 11.8. The van der Waals surface area contributed by atoms with Gasteiger partial charge in [-0.2, -0.15) is 0 Å². The third-order valence-corrected chi connectivity index (χ3v) is 5.64. The van der Waals surface area contributed by atoms with Gasteiger partial charge in [0, 0.05) is 0 Å². The zero-order valence-electron chi connectivity index (χ0n) is 17.7. The maximum atomic E-state index is 12.2. The average molecular weight is 429 g/mol. The minimum atomic E-state index is -0.528. The van der Waals surface area contributed by atoms with Crippen LogP contribution in [-0.2, 0) is 0 Å². The Morgan fingerprint density at radius 3 is 1.45 bits per heavy atom. The first-order valence-electron chi connectivity index (χ1n) is 10.5. The molecule has 0 radical (unpaired) electrons. The number of nitrogens with one attached hydrogen (secondary N) is 2. The first-order valence-corrected chi connectivity index (χ1v) is 11.4. The Balaban J connectivity index is 2.91. The van der Waals surface area contributed by atoms with Crippen LogP contribution in [0.3, 0.4) is 0 Å². The number of hydrogen-bond acceptors (Lipinski definition) is 7. The van der Waals surface area contributed by atoms with Crippen molar-refractivity contribution in [1.29, 1.82) is 0 Å². The molecule has 0 aromatic carbocycles. The fourth-order valence-corrected chi connectivity index (χ4v) is 3.85. The van der Waals surface area contributed by atoms with Crippen molar-refractivity contribution in [3.8, 4) is 11.5 Å². The topological polar surface area (TPSA) is 129 Å². The Labute approximate surface area is 177 Å². The Hall–Kier alpha value is -1.84. The largest absolute Gasteiger partial charge is 0.488 e.